The lowest BCUT2D eigenvalue weighted by atomic mass is 10.0. The molecule has 2 unspecified atom stereocenters. The molecule has 2 aliphatic heterocycles. The Morgan fingerprint density at radius 1 is 1.44 bits per heavy atom. The molecule has 18 heavy (non-hydrogen) atoms. The number of hydrogen-bond donors (Lipinski definition) is 1. The Labute approximate surface area is 109 Å². The van der Waals surface area contributed by atoms with Gasteiger partial charge in [-0.05, 0) is 25.2 Å². The molecule has 0 amide bonds. The highest BCUT2D eigenvalue weighted by molar-refractivity contribution is 7.86. The van der Waals surface area contributed by atoms with Crippen molar-refractivity contribution in [2.75, 3.05) is 40.0 Å². The van der Waals surface area contributed by atoms with E-state index in [9.17, 15) is 8.42 Å². The number of ether oxygens (including phenoxy) is 1. The minimum absolute atomic E-state index is 0.0514. The molecule has 0 aromatic carbocycles. The van der Waals surface area contributed by atoms with Crippen LogP contribution in [0.15, 0.2) is 0 Å². The molecule has 0 radical (unpaired) electrons. The van der Waals surface area contributed by atoms with E-state index < -0.39 is 10.2 Å². The molecule has 7 heteroatoms. The summed E-state index contributed by atoms with van der Waals surface area (Å²) in [7, 11) is -1.79. The van der Waals surface area contributed by atoms with Crippen molar-refractivity contribution in [1.29, 1.82) is 0 Å². The smallest absolute Gasteiger partial charge is 0.282 e. The monoisotopic (exact) mass is 278 g/mol. The Balaban J connectivity index is 2.04. The summed E-state index contributed by atoms with van der Waals surface area (Å²) in [5.74, 6) is 0.0711. The lowest BCUT2D eigenvalue weighted by Crippen LogP contribution is -2.50. The Kier molecular flexibility index (Phi) is 4.60. The van der Waals surface area contributed by atoms with E-state index >= 15 is 0 Å². The van der Waals surface area contributed by atoms with Crippen LogP contribution in [-0.4, -0.2) is 68.1 Å². The molecular formula is C11H22N2O4S. The molecule has 2 heterocycles. The number of nitrogens with zero attached hydrogens (tertiary/aromatic N) is 2. The zero-order valence-corrected chi connectivity index (χ0v) is 11.6. The van der Waals surface area contributed by atoms with Crippen LogP contribution in [0.5, 0.6) is 0 Å². The highest BCUT2D eigenvalue weighted by Gasteiger charge is 2.36. The maximum Gasteiger partial charge on any atom is 0.282 e. The van der Waals surface area contributed by atoms with Crippen molar-refractivity contribution in [2.24, 2.45) is 5.92 Å². The second-order valence-electron chi connectivity index (χ2n) is 5.09. The second kappa shape index (κ2) is 5.83. The highest BCUT2D eigenvalue weighted by atomic mass is 32.2. The Bertz CT molecular complexity index is 367. The number of rotatable bonds is 4. The first-order valence-corrected chi connectivity index (χ1v) is 7.87. The molecule has 106 valence electrons. The van der Waals surface area contributed by atoms with Gasteiger partial charge in [0.15, 0.2) is 0 Å². The molecule has 2 fully saturated rings. The first-order valence-electron chi connectivity index (χ1n) is 6.47. The molecule has 0 aromatic rings. The predicted molar refractivity (Wildman–Crippen MR) is 67.3 cm³/mol. The number of aliphatic hydroxyl groups is 1. The van der Waals surface area contributed by atoms with E-state index in [1.165, 1.54) is 8.61 Å². The average Bonchev–Trinajstić information content (AvgIpc) is 2.91. The van der Waals surface area contributed by atoms with Crippen molar-refractivity contribution in [1.82, 2.24) is 8.61 Å². The molecule has 2 saturated heterocycles. The van der Waals surface area contributed by atoms with Gasteiger partial charge >= 0.3 is 0 Å². The van der Waals surface area contributed by atoms with E-state index in [0.29, 0.717) is 26.3 Å². The molecule has 0 saturated carbocycles. The number of piperidine rings is 1. The van der Waals surface area contributed by atoms with Gasteiger partial charge < -0.3 is 9.84 Å². The van der Waals surface area contributed by atoms with Gasteiger partial charge in [0, 0.05) is 33.4 Å². The summed E-state index contributed by atoms with van der Waals surface area (Å²) in [6.07, 6.45) is 2.48. The third-order valence-electron chi connectivity index (χ3n) is 3.85. The summed E-state index contributed by atoms with van der Waals surface area (Å²) >= 11 is 0. The normalized spacial score (nSPS) is 31.1. The lowest BCUT2D eigenvalue weighted by Gasteiger charge is -2.35. The van der Waals surface area contributed by atoms with Gasteiger partial charge in [-0.2, -0.15) is 17.0 Å². The standard InChI is InChI=1S/C11H22N2O4S/c1-12(11-4-6-17-9-11)18(15,16)13-5-2-3-10(7-13)8-14/h10-11,14H,2-9H2,1H3. The van der Waals surface area contributed by atoms with Gasteiger partial charge in [-0.1, -0.05) is 0 Å². The van der Waals surface area contributed by atoms with Gasteiger partial charge in [0.2, 0.25) is 0 Å². The number of hydrogen-bond acceptors (Lipinski definition) is 4. The fourth-order valence-corrected chi connectivity index (χ4v) is 4.23. The third kappa shape index (κ3) is 2.85. The molecule has 2 aliphatic rings. The summed E-state index contributed by atoms with van der Waals surface area (Å²) in [6.45, 7) is 2.15. The van der Waals surface area contributed by atoms with Gasteiger partial charge in [-0.3, -0.25) is 0 Å². The molecule has 0 spiro atoms. The van der Waals surface area contributed by atoms with E-state index in [1.807, 2.05) is 0 Å². The Hall–Kier alpha value is -0.210. The zero-order valence-electron chi connectivity index (χ0n) is 10.8. The van der Waals surface area contributed by atoms with Crippen LogP contribution in [0.25, 0.3) is 0 Å². The quantitative estimate of drug-likeness (QED) is 0.763. The van der Waals surface area contributed by atoms with E-state index in [2.05, 4.69) is 0 Å². The molecule has 0 aromatic heterocycles. The summed E-state index contributed by atoms with van der Waals surface area (Å²) in [5, 5.41) is 9.17. The van der Waals surface area contributed by atoms with Gasteiger partial charge in [-0.15, -0.1) is 0 Å². The van der Waals surface area contributed by atoms with Crippen LogP contribution in [0.2, 0.25) is 0 Å². The predicted octanol–water partition coefficient (Wildman–Crippen LogP) is -0.344. The largest absolute Gasteiger partial charge is 0.396 e. The Morgan fingerprint density at radius 2 is 2.22 bits per heavy atom. The lowest BCUT2D eigenvalue weighted by molar-refractivity contribution is 0.156. The number of likely N-dealkylation sites (N-methyl/N-ethyl adjacent to an activating group) is 1. The first kappa shape index (κ1) is 14.2. The van der Waals surface area contributed by atoms with Crippen LogP contribution < -0.4 is 0 Å². The fraction of sp³-hybridized carbons (Fsp3) is 1.00. The van der Waals surface area contributed by atoms with Gasteiger partial charge in [0.1, 0.15) is 0 Å². The van der Waals surface area contributed by atoms with Gasteiger partial charge in [0.25, 0.3) is 10.2 Å². The van der Waals surface area contributed by atoms with Crippen LogP contribution in [0.4, 0.5) is 0 Å². The van der Waals surface area contributed by atoms with Crippen molar-refractivity contribution >= 4 is 10.2 Å². The van der Waals surface area contributed by atoms with E-state index in [-0.39, 0.29) is 18.6 Å². The maximum absolute atomic E-state index is 12.4. The molecule has 0 aliphatic carbocycles. The summed E-state index contributed by atoms with van der Waals surface area (Å²) in [5.41, 5.74) is 0. The van der Waals surface area contributed by atoms with Crippen molar-refractivity contribution in [2.45, 2.75) is 25.3 Å². The minimum Gasteiger partial charge on any atom is -0.396 e. The molecule has 6 nitrogen and oxygen atoms in total. The van der Waals surface area contributed by atoms with E-state index in [1.54, 1.807) is 7.05 Å². The second-order valence-corrected chi connectivity index (χ2v) is 7.08. The summed E-state index contributed by atoms with van der Waals surface area (Å²) in [6, 6.07) is -0.0514. The van der Waals surface area contributed by atoms with Crippen LogP contribution >= 0.6 is 0 Å². The maximum atomic E-state index is 12.4. The Morgan fingerprint density at radius 3 is 2.83 bits per heavy atom. The van der Waals surface area contributed by atoms with Crippen LogP contribution in [-0.2, 0) is 14.9 Å². The van der Waals surface area contributed by atoms with Crippen molar-refractivity contribution < 1.29 is 18.3 Å². The molecule has 2 atom stereocenters. The van der Waals surface area contributed by atoms with Crippen LogP contribution in [0.1, 0.15) is 19.3 Å². The number of aliphatic hydroxyl groups excluding tert-OH is 1. The average molecular weight is 278 g/mol. The van der Waals surface area contributed by atoms with Crippen LogP contribution in [0, 0.1) is 5.92 Å². The molecule has 0 bridgehead atoms. The highest BCUT2D eigenvalue weighted by Crippen LogP contribution is 2.23. The summed E-state index contributed by atoms with van der Waals surface area (Å²) in [4.78, 5) is 0. The first-order chi connectivity index (χ1) is 8.55. The molecule has 1 N–H and O–H groups in total. The van der Waals surface area contributed by atoms with Crippen molar-refractivity contribution in [3.63, 3.8) is 0 Å². The minimum atomic E-state index is -3.41. The zero-order chi connectivity index (χ0) is 13.2. The van der Waals surface area contributed by atoms with Crippen molar-refractivity contribution in [3.8, 4) is 0 Å². The van der Waals surface area contributed by atoms with E-state index in [0.717, 1.165) is 19.3 Å². The SMILES string of the molecule is CN(C1CCOC1)S(=O)(=O)N1CCCC(CO)C1. The van der Waals surface area contributed by atoms with Gasteiger partial charge in [-0.25, -0.2) is 0 Å². The van der Waals surface area contributed by atoms with Crippen molar-refractivity contribution in [3.05, 3.63) is 0 Å². The molecule has 2 rings (SSSR count). The fourth-order valence-electron chi connectivity index (χ4n) is 2.56. The van der Waals surface area contributed by atoms with Crippen LogP contribution in [0.3, 0.4) is 0 Å². The topological polar surface area (TPSA) is 70.1 Å². The third-order valence-corrected chi connectivity index (χ3v) is 5.86. The van der Waals surface area contributed by atoms with Gasteiger partial charge in [0.05, 0.1) is 12.6 Å². The molecular weight excluding hydrogens is 256 g/mol. The van der Waals surface area contributed by atoms with E-state index in [4.69, 9.17) is 9.84 Å². The summed E-state index contributed by atoms with van der Waals surface area (Å²) < 4.78 is 33.1.